The zero-order chi connectivity index (χ0) is 30.6. The second-order valence-corrected chi connectivity index (χ2v) is 9.85. The van der Waals surface area contributed by atoms with E-state index in [0.717, 1.165) is 0 Å². The van der Waals surface area contributed by atoms with Crippen LogP contribution >= 0.6 is 0 Å². The quantitative estimate of drug-likeness (QED) is 0.145. The van der Waals surface area contributed by atoms with Crippen LogP contribution in [0.2, 0.25) is 0 Å². The van der Waals surface area contributed by atoms with Crippen LogP contribution in [0.1, 0.15) is 55.3 Å². The Morgan fingerprint density at radius 2 is 0.837 bits per heavy atom. The van der Waals surface area contributed by atoms with Crippen molar-refractivity contribution >= 4 is 23.9 Å². The summed E-state index contributed by atoms with van der Waals surface area (Å²) >= 11 is 0. The average Bonchev–Trinajstić information content (AvgIpc) is 3.06. The van der Waals surface area contributed by atoms with Gasteiger partial charge in [-0.15, -0.1) is 0 Å². The van der Waals surface area contributed by atoms with Crippen LogP contribution in [-0.4, -0.2) is 48.8 Å². The van der Waals surface area contributed by atoms with Crippen LogP contribution in [0.4, 0.5) is 0 Å². The van der Waals surface area contributed by atoms with Gasteiger partial charge in [-0.3, -0.25) is 0 Å². The highest BCUT2D eigenvalue weighted by Crippen LogP contribution is 2.24. The molecule has 0 aromatic heterocycles. The molecule has 2 unspecified atom stereocenters. The number of benzene rings is 4. The van der Waals surface area contributed by atoms with E-state index in [-0.39, 0.29) is 17.7 Å². The van der Waals surface area contributed by atoms with Gasteiger partial charge in [-0.25, -0.2) is 19.2 Å². The standard InChI is InChI=1S/C35H32O8/c1-24(30(42-34(38)28-19-11-5-12-20-28)23-40-32(36)26-15-7-3-8-16-26)31(43-35(39)29-21-13-6-14-22-29)25(2)41-33(37)27-17-9-4-10-18-27/h3-22,24-25,30-31H,23H2,1-2H3/t24?,25-,30-,31?/m1/s1. The van der Waals surface area contributed by atoms with Crippen molar-refractivity contribution in [2.24, 2.45) is 5.92 Å². The Kier molecular flexibility index (Phi) is 10.8. The summed E-state index contributed by atoms with van der Waals surface area (Å²) in [7, 11) is 0. The van der Waals surface area contributed by atoms with E-state index >= 15 is 0 Å². The van der Waals surface area contributed by atoms with Crippen LogP contribution in [0, 0.1) is 5.92 Å². The maximum Gasteiger partial charge on any atom is 0.338 e. The number of hydrogen-bond donors (Lipinski definition) is 0. The number of esters is 4. The van der Waals surface area contributed by atoms with E-state index in [2.05, 4.69) is 0 Å². The van der Waals surface area contributed by atoms with Crippen molar-refractivity contribution in [3.05, 3.63) is 144 Å². The topological polar surface area (TPSA) is 105 Å². The molecule has 4 aromatic carbocycles. The summed E-state index contributed by atoms with van der Waals surface area (Å²) < 4.78 is 23.0. The molecule has 4 aromatic rings. The molecule has 0 aliphatic carbocycles. The van der Waals surface area contributed by atoms with Crippen LogP contribution in [0.5, 0.6) is 0 Å². The van der Waals surface area contributed by atoms with E-state index in [0.29, 0.717) is 11.1 Å². The SMILES string of the molecule is CC(C(OC(=O)c1ccccc1)[C@@H](C)OC(=O)c1ccccc1)[C@@H](COC(=O)c1ccccc1)OC(=O)c1ccccc1. The Labute approximate surface area is 250 Å². The van der Waals surface area contributed by atoms with E-state index in [1.54, 1.807) is 135 Å². The van der Waals surface area contributed by atoms with Crippen molar-refractivity contribution in [3.63, 3.8) is 0 Å². The normalized spacial score (nSPS) is 13.4. The zero-order valence-electron chi connectivity index (χ0n) is 23.8. The first kappa shape index (κ1) is 30.7. The lowest BCUT2D eigenvalue weighted by Crippen LogP contribution is -2.45. The molecule has 0 aliphatic heterocycles. The number of carbonyl (C=O) groups excluding carboxylic acids is 4. The molecule has 0 amide bonds. The monoisotopic (exact) mass is 580 g/mol. The van der Waals surface area contributed by atoms with Crippen molar-refractivity contribution in [1.82, 2.24) is 0 Å². The van der Waals surface area contributed by atoms with Crippen LogP contribution < -0.4 is 0 Å². The second kappa shape index (κ2) is 15.1. The lowest BCUT2D eigenvalue weighted by atomic mass is 9.94. The molecule has 0 spiro atoms. The van der Waals surface area contributed by atoms with Gasteiger partial charge in [0.2, 0.25) is 0 Å². The first-order valence-corrected chi connectivity index (χ1v) is 13.8. The van der Waals surface area contributed by atoms with Crippen LogP contribution in [0.25, 0.3) is 0 Å². The highest BCUT2D eigenvalue weighted by atomic mass is 16.6. The molecule has 43 heavy (non-hydrogen) atoms. The van der Waals surface area contributed by atoms with Crippen molar-refractivity contribution in [3.8, 4) is 0 Å². The maximum atomic E-state index is 13.2. The van der Waals surface area contributed by atoms with Crippen molar-refractivity contribution in [2.75, 3.05) is 6.61 Å². The van der Waals surface area contributed by atoms with Gasteiger partial charge in [-0.1, -0.05) is 79.7 Å². The van der Waals surface area contributed by atoms with Gasteiger partial charge >= 0.3 is 23.9 Å². The summed E-state index contributed by atoms with van der Waals surface area (Å²) in [6.07, 6.45) is -3.14. The van der Waals surface area contributed by atoms with E-state index in [1.165, 1.54) is 0 Å². The molecular formula is C35H32O8. The molecule has 220 valence electrons. The first-order chi connectivity index (χ1) is 20.8. The third kappa shape index (κ3) is 8.63. The molecule has 0 bridgehead atoms. The number of hydrogen-bond acceptors (Lipinski definition) is 8. The second-order valence-electron chi connectivity index (χ2n) is 9.85. The zero-order valence-corrected chi connectivity index (χ0v) is 23.8. The van der Waals surface area contributed by atoms with Gasteiger partial charge in [-0.2, -0.15) is 0 Å². The molecule has 8 heteroatoms. The van der Waals surface area contributed by atoms with Gasteiger partial charge in [0.15, 0.2) is 0 Å². The molecule has 0 N–H and O–H groups in total. The molecule has 0 fully saturated rings. The Morgan fingerprint density at radius 3 is 1.26 bits per heavy atom. The Bertz CT molecular complexity index is 1490. The summed E-state index contributed by atoms with van der Waals surface area (Å²) in [5.41, 5.74) is 1.21. The third-order valence-electron chi connectivity index (χ3n) is 6.78. The van der Waals surface area contributed by atoms with Gasteiger partial charge < -0.3 is 18.9 Å². The fraction of sp³-hybridized carbons (Fsp3) is 0.200. The smallest absolute Gasteiger partial charge is 0.338 e. The van der Waals surface area contributed by atoms with E-state index in [1.807, 2.05) is 0 Å². The minimum Gasteiger partial charge on any atom is -0.458 e. The maximum absolute atomic E-state index is 13.2. The molecule has 0 radical (unpaired) electrons. The Morgan fingerprint density at radius 1 is 0.488 bits per heavy atom. The van der Waals surface area contributed by atoms with E-state index in [4.69, 9.17) is 18.9 Å². The van der Waals surface area contributed by atoms with Crippen molar-refractivity contribution in [1.29, 1.82) is 0 Å². The average molecular weight is 581 g/mol. The van der Waals surface area contributed by atoms with Gasteiger partial charge in [0.05, 0.1) is 22.3 Å². The van der Waals surface area contributed by atoms with E-state index < -0.39 is 48.1 Å². The summed E-state index contributed by atoms with van der Waals surface area (Å²) in [5, 5.41) is 0. The lowest BCUT2D eigenvalue weighted by molar-refractivity contribution is -0.0849. The molecule has 8 nitrogen and oxygen atoms in total. The molecule has 0 saturated heterocycles. The number of rotatable bonds is 12. The minimum absolute atomic E-state index is 0.287. The third-order valence-corrected chi connectivity index (χ3v) is 6.78. The van der Waals surface area contributed by atoms with Crippen LogP contribution in [0.15, 0.2) is 121 Å². The minimum atomic E-state index is -1.09. The fourth-order valence-electron chi connectivity index (χ4n) is 4.37. The van der Waals surface area contributed by atoms with Gasteiger partial charge in [0.1, 0.15) is 24.9 Å². The highest BCUT2D eigenvalue weighted by molar-refractivity contribution is 5.91. The van der Waals surface area contributed by atoms with Crippen molar-refractivity contribution < 1.29 is 38.1 Å². The molecular weight excluding hydrogens is 548 g/mol. The first-order valence-electron chi connectivity index (χ1n) is 13.8. The van der Waals surface area contributed by atoms with Crippen LogP contribution in [0.3, 0.4) is 0 Å². The molecule has 4 rings (SSSR count). The Hall–Kier alpha value is -5.24. The molecule has 0 heterocycles. The van der Waals surface area contributed by atoms with Crippen LogP contribution in [-0.2, 0) is 18.9 Å². The lowest BCUT2D eigenvalue weighted by Gasteiger charge is -2.33. The predicted molar refractivity (Wildman–Crippen MR) is 158 cm³/mol. The van der Waals surface area contributed by atoms with E-state index in [9.17, 15) is 19.2 Å². The van der Waals surface area contributed by atoms with Crippen molar-refractivity contribution in [2.45, 2.75) is 32.2 Å². The summed E-state index contributed by atoms with van der Waals surface area (Å²) in [6.45, 7) is 2.92. The number of ether oxygens (including phenoxy) is 4. The summed E-state index contributed by atoms with van der Waals surface area (Å²) in [6, 6.07) is 33.5. The molecule has 4 atom stereocenters. The summed E-state index contributed by atoms with van der Waals surface area (Å²) in [5.74, 6) is -3.34. The number of carbonyl (C=O) groups is 4. The fourth-order valence-corrected chi connectivity index (χ4v) is 4.37. The highest BCUT2D eigenvalue weighted by Gasteiger charge is 2.38. The van der Waals surface area contributed by atoms with Gasteiger partial charge in [0, 0.05) is 5.92 Å². The van der Waals surface area contributed by atoms with Gasteiger partial charge in [-0.05, 0) is 55.5 Å². The molecule has 0 saturated carbocycles. The largest absolute Gasteiger partial charge is 0.458 e. The molecule has 0 aliphatic rings. The van der Waals surface area contributed by atoms with Gasteiger partial charge in [0.25, 0.3) is 0 Å². The predicted octanol–water partition coefficient (Wildman–Crippen LogP) is 6.18. The summed E-state index contributed by atoms with van der Waals surface area (Å²) in [4.78, 5) is 52.0. The Balaban J connectivity index is 1.61.